The van der Waals surface area contributed by atoms with E-state index in [1.807, 2.05) is 0 Å². The molecule has 0 bridgehead atoms. The van der Waals surface area contributed by atoms with E-state index in [0.717, 1.165) is 6.07 Å². The van der Waals surface area contributed by atoms with Gasteiger partial charge in [-0.15, -0.1) is 0 Å². The molecule has 1 amide bonds. The van der Waals surface area contributed by atoms with Crippen LogP contribution in [0.15, 0.2) is 30.5 Å². The molecule has 0 aliphatic heterocycles. The molecule has 7 heteroatoms. The summed E-state index contributed by atoms with van der Waals surface area (Å²) in [5.74, 6) is -0.973. The SMILES string of the molecule is Cn1nccc1C(=O)NCC(O)c1ccc(Cl)c(F)c1. The minimum atomic E-state index is -1.01. The predicted molar refractivity (Wildman–Crippen MR) is 71.9 cm³/mol. The van der Waals surface area contributed by atoms with Gasteiger partial charge in [0, 0.05) is 19.8 Å². The molecule has 1 aromatic heterocycles. The highest BCUT2D eigenvalue weighted by molar-refractivity contribution is 6.30. The monoisotopic (exact) mass is 297 g/mol. The molecule has 0 aliphatic rings. The highest BCUT2D eigenvalue weighted by atomic mass is 35.5. The molecule has 1 heterocycles. The van der Waals surface area contributed by atoms with E-state index < -0.39 is 11.9 Å². The fourth-order valence-electron chi connectivity index (χ4n) is 1.71. The lowest BCUT2D eigenvalue weighted by Crippen LogP contribution is -2.29. The molecular weight excluding hydrogens is 285 g/mol. The van der Waals surface area contributed by atoms with Crippen molar-refractivity contribution in [3.05, 3.63) is 52.6 Å². The first-order valence-corrected chi connectivity index (χ1v) is 6.26. The van der Waals surface area contributed by atoms with Crippen LogP contribution in [-0.2, 0) is 7.05 Å². The van der Waals surface area contributed by atoms with E-state index in [1.54, 1.807) is 13.1 Å². The van der Waals surface area contributed by atoms with Crippen LogP contribution in [0.1, 0.15) is 22.2 Å². The van der Waals surface area contributed by atoms with Crippen LogP contribution >= 0.6 is 11.6 Å². The molecule has 0 spiro atoms. The van der Waals surface area contributed by atoms with Crippen molar-refractivity contribution in [3.8, 4) is 0 Å². The summed E-state index contributed by atoms with van der Waals surface area (Å²) in [5.41, 5.74) is 0.719. The predicted octanol–water partition coefficient (Wildman–Crippen LogP) is 1.68. The quantitative estimate of drug-likeness (QED) is 0.902. The van der Waals surface area contributed by atoms with Crippen LogP contribution in [0, 0.1) is 5.82 Å². The minimum Gasteiger partial charge on any atom is -0.387 e. The zero-order chi connectivity index (χ0) is 14.7. The standard InChI is InChI=1S/C13H13ClFN3O2/c1-18-11(4-5-17-18)13(20)16-7-12(19)8-2-3-9(14)10(15)6-8/h2-6,12,19H,7H2,1H3,(H,16,20). The molecule has 0 aliphatic carbocycles. The third-order valence-corrected chi connectivity index (χ3v) is 3.14. The third kappa shape index (κ3) is 3.15. The molecule has 2 rings (SSSR count). The van der Waals surface area contributed by atoms with Crippen LogP contribution < -0.4 is 5.32 Å². The van der Waals surface area contributed by atoms with Gasteiger partial charge in [-0.25, -0.2) is 4.39 Å². The van der Waals surface area contributed by atoms with Crippen LogP contribution in [0.3, 0.4) is 0 Å². The first kappa shape index (κ1) is 14.5. The number of aliphatic hydroxyl groups excluding tert-OH is 1. The van der Waals surface area contributed by atoms with Crippen LogP contribution in [0.2, 0.25) is 5.02 Å². The van der Waals surface area contributed by atoms with Crippen molar-refractivity contribution in [2.24, 2.45) is 7.05 Å². The fourth-order valence-corrected chi connectivity index (χ4v) is 1.83. The van der Waals surface area contributed by atoms with Gasteiger partial charge < -0.3 is 10.4 Å². The Kier molecular flexibility index (Phi) is 4.36. The summed E-state index contributed by atoms with van der Waals surface area (Å²) >= 11 is 5.56. The van der Waals surface area contributed by atoms with Crippen molar-refractivity contribution in [2.75, 3.05) is 6.54 Å². The maximum atomic E-state index is 13.3. The Morgan fingerprint density at radius 2 is 2.30 bits per heavy atom. The minimum absolute atomic E-state index is 0.0140. The van der Waals surface area contributed by atoms with E-state index in [-0.39, 0.29) is 17.5 Å². The molecule has 1 atom stereocenters. The largest absolute Gasteiger partial charge is 0.387 e. The van der Waals surface area contributed by atoms with Gasteiger partial charge in [0.25, 0.3) is 5.91 Å². The Morgan fingerprint density at radius 1 is 1.55 bits per heavy atom. The van der Waals surface area contributed by atoms with Crippen LogP contribution in [0.5, 0.6) is 0 Å². The molecule has 0 radical (unpaired) electrons. The molecule has 20 heavy (non-hydrogen) atoms. The van der Waals surface area contributed by atoms with Crippen molar-refractivity contribution in [2.45, 2.75) is 6.10 Å². The third-order valence-electron chi connectivity index (χ3n) is 2.84. The summed E-state index contributed by atoms with van der Waals surface area (Å²) in [5, 5.41) is 16.3. The van der Waals surface area contributed by atoms with E-state index in [9.17, 15) is 14.3 Å². The average molecular weight is 298 g/mol. The molecule has 2 N–H and O–H groups in total. The summed E-state index contributed by atoms with van der Waals surface area (Å²) in [7, 11) is 1.64. The smallest absolute Gasteiger partial charge is 0.269 e. The number of aryl methyl sites for hydroxylation is 1. The Labute approximate surface area is 120 Å². The van der Waals surface area contributed by atoms with Crippen molar-refractivity contribution in [3.63, 3.8) is 0 Å². The summed E-state index contributed by atoms with van der Waals surface area (Å²) in [4.78, 5) is 11.8. The first-order valence-electron chi connectivity index (χ1n) is 5.88. The van der Waals surface area contributed by atoms with Crippen LogP contribution in [0.25, 0.3) is 0 Å². The van der Waals surface area contributed by atoms with Crippen molar-refractivity contribution in [1.29, 1.82) is 0 Å². The van der Waals surface area contributed by atoms with Crippen molar-refractivity contribution < 1.29 is 14.3 Å². The van der Waals surface area contributed by atoms with Crippen molar-refractivity contribution >= 4 is 17.5 Å². The molecule has 0 fully saturated rings. The maximum Gasteiger partial charge on any atom is 0.269 e. The van der Waals surface area contributed by atoms with E-state index in [2.05, 4.69) is 10.4 Å². The van der Waals surface area contributed by atoms with Gasteiger partial charge in [0.1, 0.15) is 11.5 Å². The van der Waals surface area contributed by atoms with Gasteiger partial charge in [-0.2, -0.15) is 5.10 Å². The van der Waals surface area contributed by atoms with E-state index >= 15 is 0 Å². The maximum absolute atomic E-state index is 13.3. The number of carbonyl (C=O) groups excluding carboxylic acids is 1. The lowest BCUT2D eigenvalue weighted by Gasteiger charge is -2.12. The van der Waals surface area contributed by atoms with Gasteiger partial charge in [0.2, 0.25) is 0 Å². The van der Waals surface area contributed by atoms with Crippen molar-refractivity contribution in [1.82, 2.24) is 15.1 Å². The number of aromatic nitrogens is 2. The topological polar surface area (TPSA) is 67.2 Å². The number of rotatable bonds is 4. The summed E-state index contributed by atoms with van der Waals surface area (Å²) in [6, 6.07) is 5.57. The number of halogens is 2. The number of hydrogen-bond donors (Lipinski definition) is 2. The van der Waals surface area contributed by atoms with E-state index in [1.165, 1.54) is 23.0 Å². The number of benzene rings is 1. The highest BCUT2D eigenvalue weighted by Crippen LogP contribution is 2.19. The Morgan fingerprint density at radius 3 is 2.90 bits per heavy atom. The second kappa shape index (κ2) is 6.02. The zero-order valence-corrected chi connectivity index (χ0v) is 11.4. The molecular formula is C13H13ClFN3O2. The number of aliphatic hydroxyl groups is 1. The lowest BCUT2D eigenvalue weighted by molar-refractivity contribution is 0.0907. The molecule has 106 valence electrons. The number of hydrogen-bond acceptors (Lipinski definition) is 3. The second-order valence-electron chi connectivity index (χ2n) is 4.24. The van der Waals surface area contributed by atoms with Gasteiger partial charge in [-0.05, 0) is 23.8 Å². The fraction of sp³-hybridized carbons (Fsp3) is 0.231. The van der Waals surface area contributed by atoms with E-state index in [0.29, 0.717) is 11.3 Å². The summed E-state index contributed by atoms with van der Waals surface area (Å²) in [6.45, 7) is -0.0366. The molecule has 0 saturated heterocycles. The van der Waals surface area contributed by atoms with Gasteiger partial charge >= 0.3 is 0 Å². The Hall–Kier alpha value is -1.92. The number of amides is 1. The summed E-state index contributed by atoms with van der Waals surface area (Å²) < 4.78 is 14.7. The highest BCUT2D eigenvalue weighted by Gasteiger charge is 2.14. The molecule has 1 aromatic carbocycles. The second-order valence-corrected chi connectivity index (χ2v) is 4.65. The first-order chi connectivity index (χ1) is 9.49. The number of carbonyl (C=O) groups is 1. The molecule has 1 unspecified atom stereocenters. The van der Waals surface area contributed by atoms with Gasteiger partial charge in [0.15, 0.2) is 0 Å². The number of nitrogens with one attached hydrogen (secondary N) is 1. The lowest BCUT2D eigenvalue weighted by atomic mass is 10.1. The average Bonchev–Trinajstić information content (AvgIpc) is 2.85. The normalized spacial score (nSPS) is 12.2. The Balaban J connectivity index is 1.98. The molecule has 5 nitrogen and oxygen atoms in total. The molecule has 2 aromatic rings. The van der Waals surface area contributed by atoms with Gasteiger partial charge in [-0.1, -0.05) is 17.7 Å². The van der Waals surface area contributed by atoms with Crippen LogP contribution in [0.4, 0.5) is 4.39 Å². The van der Waals surface area contributed by atoms with E-state index in [4.69, 9.17) is 11.6 Å². The zero-order valence-electron chi connectivity index (χ0n) is 10.7. The Bertz CT molecular complexity index is 630. The van der Waals surface area contributed by atoms with Gasteiger partial charge in [0.05, 0.1) is 11.1 Å². The molecule has 0 saturated carbocycles. The van der Waals surface area contributed by atoms with Crippen LogP contribution in [-0.4, -0.2) is 27.3 Å². The van der Waals surface area contributed by atoms with Gasteiger partial charge in [-0.3, -0.25) is 9.48 Å². The summed E-state index contributed by atoms with van der Waals surface area (Å²) in [6.07, 6.45) is 0.485. The number of nitrogens with zero attached hydrogens (tertiary/aromatic N) is 2.